The van der Waals surface area contributed by atoms with E-state index in [1.165, 1.54) is 0 Å². The number of halogens is 3. The Labute approximate surface area is 130 Å². The molecule has 2 aromatic rings. The molecule has 0 amide bonds. The van der Waals surface area contributed by atoms with Crippen LogP contribution in [0.5, 0.6) is 5.75 Å². The number of hydrogen-bond donors (Lipinski definition) is 2. The molecule has 0 radical (unpaired) electrons. The Hall–Kier alpha value is -0.900. The van der Waals surface area contributed by atoms with Gasteiger partial charge in [0.15, 0.2) is 5.75 Å². The number of phenolic OH excluding ortho intramolecular Hbond substituents is 1. The topological polar surface area (TPSA) is 32.3 Å². The van der Waals surface area contributed by atoms with Gasteiger partial charge in [-0.1, -0.05) is 51.3 Å². The second kappa shape index (κ2) is 6.04. The SMILES string of the molecule is CC(Nc1cc(Cl)c(O)c(Cl)c1)c1ccc(Br)cc1. The summed E-state index contributed by atoms with van der Waals surface area (Å²) in [5.74, 6) is -0.0924. The molecule has 2 nitrogen and oxygen atoms in total. The van der Waals surface area contributed by atoms with Crippen molar-refractivity contribution in [3.63, 3.8) is 0 Å². The fraction of sp³-hybridized carbons (Fsp3) is 0.143. The van der Waals surface area contributed by atoms with Crippen LogP contribution in [0, 0.1) is 0 Å². The Morgan fingerprint density at radius 1 is 1.11 bits per heavy atom. The summed E-state index contributed by atoms with van der Waals surface area (Å²) in [5.41, 5.74) is 1.91. The Kier molecular flexibility index (Phi) is 4.61. The van der Waals surface area contributed by atoms with Gasteiger partial charge in [-0.05, 0) is 36.8 Å². The third kappa shape index (κ3) is 3.56. The quantitative estimate of drug-likeness (QED) is 0.694. The van der Waals surface area contributed by atoms with Crippen LogP contribution in [-0.4, -0.2) is 5.11 Å². The van der Waals surface area contributed by atoms with E-state index in [0.29, 0.717) is 0 Å². The molecule has 0 aliphatic heterocycles. The van der Waals surface area contributed by atoms with Crippen molar-refractivity contribution in [3.8, 4) is 5.75 Å². The van der Waals surface area contributed by atoms with E-state index in [1.54, 1.807) is 12.1 Å². The van der Waals surface area contributed by atoms with Gasteiger partial charge in [0, 0.05) is 16.2 Å². The smallest absolute Gasteiger partial charge is 0.152 e. The molecule has 2 aromatic carbocycles. The molecule has 2 N–H and O–H groups in total. The Balaban J connectivity index is 2.19. The molecular formula is C14H12BrCl2NO. The minimum Gasteiger partial charge on any atom is -0.505 e. The maximum atomic E-state index is 9.52. The lowest BCUT2D eigenvalue weighted by Gasteiger charge is -2.16. The van der Waals surface area contributed by atoms with E-state index in [1.807, 2.05) is 31.2 Å². The first-order chi connectivity index (χ1) is 8.97. The summed E-state index contributed by atoms with van der Waals surface area (Å²) in [6.45, 7) is 2.04. The summed E-state index contributed by atoms with van der Waals surface area (Å²) in [7, 11) is 0. The van der Waals surface area contributed by atoms with Gasteiger partial charge >= 0.3 is 0 Å². The highest BCUT2D eigenvalue weighted by molar-refractivity contribution is 9.10. The first kappa shape index (κ1) is 14.5. The van der Waals surface area contributed by atoms with Crippen LogP contribution in [0.25, 0.3) is 0 Å². The summed E-state index contributed by atoms with van der Waals surface area (Å²) in [4.78, 5) is 0. The zero-order chi connectivity index (χ0) is 14.0. The number of aromatic hydroxyl groups is 1. The molecule has 100 valence electrons. The lowest BCUT2D eigenvalue weighted by molar-refractivity contribution is 0.476. The number of anilines is 1. The Bertz CT molecular complexity index is 563. The van der Waals surface area contributed by atoms with E-state index in [4.69, 9.17) is 23.2 Å². The van der Waals surface area contributed by atoms with Gasteiger partial charge in [0.1, 0.15) is 0 Å². The lowest BCUT2D eigenvalue weighted by atomic mass is 10.1. The highest BCUT2D eigenvalue weighted by Gasteiger charge is 2.10. The van der Waals surface area contributed by atoms with Crippen molar-refractivity contribution in [2.75, 3.05) is 5.32 Å². The van der Waals surface area contributed by atoms with Gasteiger partial charge in [0.2, 0.25) is 0 Å². The van der Waals surface area contributed by atoms with Crippen LogP contribution < -0.4 is 5.32 Å². The minimum atomic E-state index is -0.0924. The van der Waals surface area contributed by atoms with Crippen molar-refractivity contribution < 1.29 is 5.11 Å². The molecule has 2 rings (SSSR count). The highest BCUT2D eigenvalue weighted by Crippen LogP contribution is 2.35. The van der Waals surface area contributed by atoms with Crippen molar-refractivity contribution in [1.82, 2.24) is 0 Å². The third-order valence-corrected chi connectivity index (χ3v) is 3.87. The van der Waals surface area contributed by atoms with Gasteiger partial charge in [-0.3, -0.25) is 0 Å². The number of hydrogen-bond acceptors (Lipinski definition) is 2. The number of nitrogens with one attached hydrogen (secondary N) is 1. The van der Waals surface area contributed by atoms with E-state index < -0.39 is 0 Å². The van der Waals surface area contributed by atoms with Crippen molar-refractivity contribution in [1.29, 1.82) is 0 Å². The fourth-order valence-corrected chi connectivity index (χ4v) is 2.49. The van der Waals surface area contributed by atoms with Gasteiger partial charge in [-0.2, -0.15) is 0 Å². The summed E-state index contributed by atoms with van der Waals surface area (Å²) >= 11 is 15.2. The molecule has 0 saturated heterocycles. The van der Waals surface area contributed by atoms with Crippen LogP contribution in [-0.2, 0) is 0 Å². The van der Waals surface area contributed by atoms with Gasteiger partial charge < -0.3 is 10.4 Å². The maximum Gasteiger partial charge on any atom is 0.152 e. The summed E-state index contributed by atoms with van der Waals surface area (Å²) in [5, 5.41) is 13.3. The highest BCUT2D eigenvalue weighted by atomic mass is 79.9. The van der Waals surface area contributed by atoms with Gasteiger partial charge in [0.25, 0.3) is 0 Å². The third-order valence-electron chi connectivity index (χ3n) is 2.77. The molecular weight excluding hydrogens is 349 g/mol. The first-order valence-electron chi connectivity index (χ1n) is 5.67. The second-order valence-corrected chi connectivity index (χ2v) is 5.94. The molecule has 0 aromatic heterocycles. The zero-order valence-corrected chi connectivity index (χ0v) is 13.2. The maximum absolute atomic E-state index is 9.52. The van der Waals surface area contributed by atoms with Gasteiger partial charge in [0.05, 0.1) is 10.0 Å². The molecule has 0 aliphatic rings. The van der Waals surface area contributed by atoms with Crippen LogP contribution >= 0.6 is 39.1 Å². The van der Waals surface area contributed by atoms with Crippen LogP contribution in [0.2, 0.25) is 10.0 Å². The number of rotatable bonds is 3. The van der Waals surface area contributed by atoms with Crippen LogP contribution in [0.3, 0.4) is 0 Å². The van der Waals surface area contributed by atoms with E-state index in [-0.39, 0.29) is 21.8 Å². The van der Waals surface area contributed by atoms with Crippen LogP contribution in [0.1, 0.15) is 18.5 Å². The molecule has 19 heavy (non-hydrogen) atoms. The van der Waals surface area contributed by atoms with Crippen molar-refractivity contribution >= 4 is 44.8 Å². The monoisotopic (exact) mass is 359 g/mol. The van der Waals surface area contributed by atoms with Gasteiger partial charge in [-0.25, -0.2) is 0 Å². The zero-order valence-electron chi connectivity index (χ0n) is 10.1. The molecule has 0 spiro atoms. The predicted octanol–water partition coefficient (Wildman–Crippen LogP) is 5.63. The van der Waals surface area contributed by atoms with Crippen LogP contribution in [0.4, 0.5) is 5.69 Å². The van der Waals surface area contributed by atoms with Gasteiger partial charge in [-0.15, -0.1) is 0 Å². The number of benzene rings is 2. The minimum absolute atomic E-state index is 0.0924. The predicted molar refractivity (Wildman–Crippen MR) is 84.3 cm³/mol. The number of phenols is 1. The van der Waals surface area contributed by atoms with E-state index in [2.05, 4.69) is 21.2 Å². The Morgan fingerprint density at radius 3 is 2.16 bits per heavy atom. The molecule has 0 saturated carbocycles. The second-order valence-electron chi connectivity index (χ2n) is 4.21. The van der Waals surface area contributed by atoms with E-state index in [0.717, 1.165) is 15.7 Å². The molecule has 1 atom stereocenters. The molecule has 1 unspecified atom stereocenters. The normalized spacial score (nSPS) is 12.2. The van der Waals surface area contributed by atoms with E-state index in [9.17, 15) is 5.11 Å². The van der Waals surface area contributed by atoms with Crippen LogP contribution in [0.15, 0.2) is 40.9 Å². The summed E-state index contributed by atoms with van der Waals surface area (Å²) in [6.07, 6.45) is 0. The first-order valence-corrected chi connectivity index (χ1v) is 7.22. The molecule has 0 fully saturated rings. The molecule has 0 aliphatic carbocycles. The van der Waals surface area contributed by atoms with Crippen molar-refractivity contribution in [2.45, 2.75) is 13.0 Å². The van der Waals surface area contributed by atoms with Crippen molar-refractivity contribution in [2.24, 2.45) is 0 Å². The molecule has 5 heteroatoms. The molecule has 0 heterocycles. The lowest BCUT2D eigenvalue weighted by Crippen LogP contribution is -2.06. The van der Waals surface area contributed by atoms with Crippen molar-refractivity contribution in [3.05, 3.63) is 56.5 Å². The van der Waals surface area contributed by atoms with E-state index >= 15 is 0 Å². The largest absolute Gasteiger partial charge is 0.505 e. The summed E-state index contributed by atoms with van der Waals surface area (Å²) < 4.78 is 1.04. The Morgan fingerprint density at radius 2 is 1.63 bits per heavy atom. The molecule has 0 bridgehead atoms. The summed E-state index contributed by atoms with van der Waals surface area (Å²) in [6, 6.07) is 11.5. The average molecular weight is 361 g/mol. The fourth-order valence-electron chi connectivity index (χ4n) is 1.73. The standard InChI is InChI=1S/C14H12BrCl2NO/c1-8(9-2-4-10(15)5-3-9)18-11-6-12(16)14(19)13(17)7-11/h2-8,18-19H,1H3. The average Bonchev–Trinajstić information content (AvgIpc) is 2.36.